The van der Waals surface area contributed by atoms with Crippen LogP contribution < -0.4 is 90.5 Å². The van der Waals surface area contributed by atoms with Crippen molar-refractivity contribution < 1.29 is 61.8 Å². The first-order valence-corrected chi connectivity index (χ1v) is 36.6. The van der Waals surface area contributed by atoms with E-state index in [-0.39, 0.29) is 34.5 Å². The van der Waals surface area contributed by atoms with Gasteiger partial charge < -0.3 is 90.5 Å². The quantitative estimate of drug-likeness (QED) is 0.0189. The summed E-state index contributed by atoms with van der Waals surface area (Å²) in [4.78, 5) is 81.0. The second-order valence-electron chi connectivity index (χ2n) is 25.2. The third-order valence-corrected chi connectivity index (χ3v) is 16.9. The zero-order chi connectivity index (χ0) is 85.5. The number of hydrogen-bond acceptors (Lipinski definition) is 26. The third kappa shape index (κ3) is 25.2. The van der Waals surface area contributed by atoms with Crippen LogP contribution in [0.15, 0.2) is 239 Å². The first-order valence-electron chi connectivity index (χ1n) is 36.2. The van der Waals surface area contributed by atoms with Crippen LogP contribution in [-0.4, -0.2) is 106 Å². The summed E-state index contributed by atoms with van der Waals surface area (Å²) in [6.45, 7) is 25.2. The molecule has 4 aromatic heterocycles. The number of carbonyl (C=O) groups is 4. The van der Waals surface area contributed by atoms with E-state index in [0.29, 0.717) is 116 Å². The number of methoxy groups -OCH3 is 6. The lowest BCUT2D eigenvalue weighted by Gasteiger charge is -2.16. The second kappa shape index (κ2) is 43.1. The van der Waals surface area contributed by atoms with Gasteiger partial charge in [-0.05, 0) is 175 Å². The Morgan fingerprint density at radius 3 is 1.13 bits per heavy atom. The van der Waals surface area contributed by atoms with Gasteiger partial charge in [0.1, 0.15) is 62.6 Å². The van der Waals surface area contributed by atoms with E-state index in [2.05, 4.69) is 114 Å². The summed E-state index contributed by atoms with van der Waals surface area (Å²) in [7, 11) is 9.62. The Morgan fingerprint density at radius 2 is 0.697 bits per heavy atom. The van der Waals surface area contributed by atoms with Crippen molar-refractivity contribution in [3.63, 3.8) is 0 Å². The number of anilines is 14. The Morgan fingerprint density at radius 1 is 0.336 bits per heavy atom. The fraction of sp³-hybridized carbons (Fsp3) is 0.136. The van der Waals surface area contributed by atoms with Gasteiger partial charge in [-0.3, -0.25) is 19.2 Å². The molecule has 4 amide bonds. The van der Waals surface area contributed by atoms with Crippen molar-refractivity contribution in [1.82, 2.24) is 39.9 Å². The molecular formula is C88H88ClN17O13. The number of benzene rings is 8. The molecule has 0 aliphatic heterocycles. The zero-order valence-corrected chi connectivity index (χ0v) is 68.1. The van der Waals surface area contributed by atoms with Crippen LogP contribution >= 0.6 is 11.6 Å². The number of aromatic nitrogens is 8. The van der Waals surface area contributed by atoms with Gasteiger partial charge in [0.2, 0.25) is 65.1 Å². The zero-order valence-electron chi connectivity index (χ0n) is 67.3. The van der Waals surface area contributed by atoms with E-state index in [9.17, 15) is 19.2 Å². The number of halogens is 1. The van der Waals surface area contributed by atoms with Crippen molar-refractivity contribution in [1.29, 1.82) is 0 Å². The molecule has 30 nitrogen and oxygen atoms in total. The fourth-order valence-electron chi connectivity index (χ4n) is 10.8. The van der Waals surface area contributed by atoms with Gasteiger partial charge in [-0.25, -0.2) is 19.9 Å². The van der Waals surface area contributed by atoms with Crippen LogP contribution in [0.4, 0.5) is 80.8 Å². The smallest absolute Gasteiger partial charge is 0.247 e. The van der Waals surface area contributed by atoms with Crippen LogP contribution in [-0.2, 0) is 19.2 Å². The van der Waals surface area contributed by atoms with Crippen LogP contribution in [0.3, 0.4) is 0 Å². The molecule has 0 aliphatic carbocycles. The minimum atomic E-state index is -0.319. The average molecular weight is 1630 g/mol. The number of amides is 4. The highest BCUT2D eigenvalue weighted by Gasteiger charge is 2.19. The molecule has 119 heavy (non-hydrogen) atoms. The summed E-state index contributed by atoms with van der Waals surface area (Å²) in [6, 6.07) is 48.7. The average Bonchev–Trinajstić information content (AvgIpc) is 0.817. The lowest BCUT2D eigenvalue weighted by molar-refractivity contribution is -0.112. The molecule has 12 rings (SSSR count). The first kappa shape index (κ1) is 87.4. The number of rotatable bonds is 30. The van der Waals surface area contributed by atoms with Crippen molar-refractivity contribution >= 4 is 116 Å². The summed E-state index contributed by atoms with van der Waals surface area (Å²) in [5.74, 6) is 7.43. The number of carbonyl (C=O) groups excluding carboxylic acids is 4. The van der Waals surface area contributed by atoms with Gasteiger partial charge in [-0.2, -0.15) is 19.9 Å². The van der Waals surface area contributed by atoms with Crippen LogP contribution in [0.1, 0.15) is 33.4 Å². The van der Waals surface area contributed by atoms with E-state index < -0.39 is 0 Å². The first-order chi connectivity index (χ1) is 57.4. The molecule has 12 aromatic rings. The molecule has 610 valence electrons. The van der Waals surface area contributed by atoms with Crippen molar-refractivity contribution in [2.24, 2.45) is 0 Å². The standard InChI is InChI=1S/C23H25N5O3.C23H24N4O4.C22H22N4O3.C20H17ClN4O3/c1-6-20(29)25-16-8-7-9-17(12-16)26-22-14(2)13-24-23(28-22)27-18-10-11-19(30-4)15(3)21(18)31-5;1-6-20(28)25-16-8-7-9-17(12-16)31-22-14(2)13-24-23(27-22)26-18-10-11-19(29-4)15(3)21(18)30-5;1-5-20(27)24-16-7-6-8-17(12-16)29-21-15(3)13-23-22(26-21)25-18-10-9-14(2)11-19(18)28-4;1-3-18(26)23-13-7-6-8-14(11-13)28-19-15(21)12-22-20(25-19)24-16-9-4-5-10-17(16)27-2/h6-13H,1H2,2-5H3,(H,25,29)(H2,24,26,27,28);6-13H,1H2,2-5H3,(H,25,28)(H,24,26,27);5-13H,1H2,2-4H3,(H,24,27)(H,23,25,26);3-12H,1H2,2H3,(H,23,26)(H,22,24,25). The van der Waals surface area contributed by atoms with Gasteiger partial charge in [0, 0.05) is 93.0 Å². The highest BCUT2D eigenvalue weighted by Crippen LogP contribution is 2.40. The normalized spacial score (nSPS) is 10.2. The fourth-order valence-corrected chi connectivity index (χ4v) is 10.9. The van der Waals surface area contributed by atoms with Crippen LogP contribution in [0, 0.1) is 41.5 Å². The second-order valence-corrected chi connectivity index (χ2v) is 25.6. The van der Waals surface area contributed by atoms with Crippen LogP contribution in [0.5, 0.6) is 69.4 Å². The number of hydrogen-bond donors (Lipinski definition) is 9. The highest BCUT2D eigenvalue weighted by atomic mass is 35.5. The van der Waals surface area contributed by atoms with E-state index in [1.807, 2.05) is 126 Å². The van der Waals surface area contributed by atoms with Gasteiger partial charge >= 0.3 is 0 Å². The maximum absolute atomic E-state index is 11.5. The molecular weight excluding hydrogens is 1540 g/mol. The number of aryl methyl sites for hydroxylation is 4. The summed E-state index contributed by atoms with van der Waals surface area (Å²) in [5, 5.41) is 26.9. The monoisotopic (exact) mass is 1630 g/mol. The highest BCUT2D eigenvalue weighted by molar-refractivity contribution is 6.31. The Balaban J connectivity index is 0.000000181. The van der Waals surface area contributed by atoms with Gasteiger partial charge in [0.05, 0.1) is 71.6 Å². The van der Waals surface area contributed by atoms with E-state index in [1.165, 1.54) is 30.5 Å². The summed E-state index contributed by atoms with van der Waals surface area (Å²) in [5.41, 5.74) is 11.3. The maximum atomic E-state index is 11.5. The predicted molar refractivity (Wildman–Crippen MR) is 464 cm³/mol. The minimum Gasteiger partial charge on any atom is -0.496 e. The summed E-state index contributed by atoms with van der Waals surface area (Å²) >= 11 is 6.17. The molecule has 0 unspecified atom stereocenters. The molecule has 31 heteroatoms. The largest absolute Gasteiger partial charge is 0.496 e. The Labute approximate surface area is 693 Å². The minimum absolute atomic E-state index is 0.168. The molecule has 0 fully saturated rings. The number of nitrogens with one attached hydrogen (secondary N) is 9. The van der Waals surface area contributed by atoms with Gasteiger partial charge in [-0.1, -0.05) is 80.4 Å². The Bertz CT molecular complexity index is 5480. The lowest BCUT2D eigenvalue weighted by atomic mass is 10.1. The molecule has 0 bridgehead atoms. The number of ether oxygens (including phenoxy) is 9. The Hall–Kier alpha value is -15.6. The predicted octanol–water partition coefficient (Wildman–Crippen LogP) is 19.1. The molecule has 8 aromatic carbocycles. The number of para-hydroxylation sites is 2. The van der Waals surface area contributed by atoms with E-state index in [0.717, 1.165) is 61.9 Å². The van der Waals surface area contributed by atoms with Crippen molar-refractivity contribution in [3.8, 4) is 69.4 Å². The molecule has 4 heterocycles. The van der Waals surface area contributed by atoms with Gasteiger partial charge in [0.15, 0.2) is 0 Å². The summed E-state index contributed by atoms with van der Waals surface area (Å²) < 4.78 is 50.1. The Kier molecular flexibility index (Phi) is 31.6. The van der Waals surface area contributed by atoms with E-state index >= 15 is 0 Å². The third-order valence-electron chi connectivity index (χ3n) is 16.6. The van der Waals surface area contributed by atoms with Crippen molar-refractivity contribution in [2.45, 2.75) is 41.5 Å². The molecule has 0 radical (unpaired) electrons. The van der Waals surface area contributed by atoms with Crippen molar-refractivity contribution in [3.05, 3.63) is 278 Å². The van der Waals surface area contributed by atoms with Gasteiger partial charge in [0.25, 0.3) is 0 Å². The molecule has 9 N–H and O–H groups in total. The van der Waals surface area contributed by atoms with E-state index in [1.54, 1.807) is 140 Å². The lowest BCUT2D eigenvalue weighted by Crippen LogP contribution is -2.07. The topological polar surface area (TPSA) is 363 Å². The van der Waals surface area contributed by atoms with Crippen LogP contribution in [0.25, 0.3) is 0 Å². The van der Waals surface area contributed by atoms with Crippen molar-refractivity contribution in [2.75, 3.05) is 90.5 Å². The molecule has 0 aliphatic rings. The van der Waals surface area contributed by atoms with Gasteiger partial charge in [-0.15, -0.1) is 0 Å². The van der Waals surface area contributed by atoms with Crippen LogP contribution in [0.2, 0.25) is 5.02 Å². The molecule has 0 saturated carbocycles. The summed E-state index contributed by atoms with van der Waals surface area (Å²) in [6.07, 6.45) is 11.3. The maximum Gasteiger partial charge on any atom is 0.247 e. The molecule has 0 atom stereocenters. The molecule has 0 saturated heterocycles. The molecule has 0 spiro atoms. The SMILES string of the molecule is C=CC(=O)Nc1cccc(Nc2nc(Nc3ccc(OC)c(C)c3OC)ncc2C)c1.C=CC(=O)Nc1cccc(Oc2nc(Nc3ccc(C)cc3OC)ncc2C)c1.C=CC(=O)Nc1cccc(Oc2nc(Nc3ccc(OC)c(C)c3OC)ncc2C)c1.C=CC(=O)Nc1cccc(Oc2nc(Nc3ccccc3OC)ncc2Cl)c1. The number of nitrogens with zero attached hydrogens (tertiary/aromatic N) is 8. The van der Waals surface area contributed by atoms with E-state index in [4.69, 9.17) is 54.2 Å².